The average molecular weight is 527 g/mol. The van der Waals surface area contributed by atoms with Crippen LogP contribution in [0.5, 0.6) is 11.5 Å². The van der Waals surface area contributed by atoms with Crippen molar-refractivity contribution in [1.82, 2.24) is 0 Å². The van der Waals surface area contributed by atoms with Crippen LogP contribution in [0.4, 0.5) is 5.69 Å². The third kappa shape index (κ3) is 5.28. The number of nitrogens with one attached hydrogen (secondary N) is 1. The molecule has 172 valence electrons. The van der Waals surface area contributed by atoms with Gasteiger partial charge < -0.3 is 9.47 Å². The minimum Gasteiger partial charge on any atom is -0.465 e. The highest BCUT2D eigenvalue weighted by Gasteiger charge is 2.28. The van der Waals surface area contributed by atoms with Crippen LogP contribution in [-0.2, 0) is 24.6 Å². The zero-order chi connectivity index (χ0) is 24.4. The molecule has 2 aromatic carbocycles. The fourth-order valence-electron chi connectivity index (χ4n) is 2.66. The van der Waals surface area contributed by atoms with Crippen molar-refractivity contribution in [2.75, 3.05) is 18.1 Å². The van der Waals surface area contributed by atoms with Crippen molar-refractivity contribution in [3.63, 3.8) is 0 Å². The van der Waals surface area contributed by atoms with Gasteiger partial charge in [0.25, 0.3) is 10.0 Å². The summed E-state index contributed by atoms with van der Waals surface area (Å²) in [6, 6.07) is 11.7. The lowest BCUT2D eigenvalue weighted by Gasteiger charge is -2.12. The molecule has 0 aliphatic heterocycles. The van der Waals surface area contributed by atoms with E-state index >= 15 is 0 Å². The van der Waals surface area contributed by atoms with Crippen LogP contribution in [0, 0.1) is 11.3 Å². The molecule has 3 aromatic rings. The molecule has 0 aliphatic rings. The molecule has 0 spiro atoms. The molecule has 0 aliphatic carbocycles. The van der Waals surface area contributed by atoms with Gasteiger partial charge in [-0.3, -0.25) is 4.72 Å². The molecule has 0 fully saturated rings. The summed E-state index contributed by atoms with van der Waals surface area (Å²) in [7, 11) is -7.03. The van der Waals surface area contributed by atoms with Gasteiger partial charge in [0, 0.05) is 11.6 Å². The SMILES string of the molecule is COC(=O)c1scc(S(C)(=O)=O)c1NS(=O)(=O)c1ccc(Oc2cccc(Cl)c2C#N)cc1. The lowest BCUT2D eigenvalue weighted by molar-refractivity contribution is 0.0607. The summed E-state index contributed by atoms with van der Waals surface area (Å²) in [6.45, 7) is 0. The number of ether oxygens (including phenoxy) is 2. The molecule has 0 bridgehead atoms. The summed E-state index contributed by atoms with van der Waals surface area (Å²) in [5.74, 6) is -0.459. The van der Waals surface area contributed by atoms with Crippen LogP contribution in [-0.4, -0.2) is 36.2 Å². The van der Waals surface area contributed by atoms with Crippen molar-refractivity contribution in [3.8, 4) is 17.6 Å². The molecule has 0 atom stereocenters. The molecule has 0 saturated carbocycles. The standard InChI is InChI=1S/C20H15ClN2O7S3/c1-29-20(24)19-18(17(11-31-19)32(2,25)26)23-33(27,28)13-8-6-12(7-9-13)30-16-5-3-4-15(21)14(16)10-22/h3-9,11,23H,1-2H3. The van der Waals surface area contributed by atoms with Gasteiger partial charge in [0.15, 0.2) is 9.84 Å². The molecular formula is C20H15ClN2O7S3. The predicted molar refractivity (Wildman–Crippen MR) is 122 cm³/mol. The van der Waals surface area contributed by atoms with Gasteiger partial charge in [-0.15, -0.1) is 11.3 Å². The smallest absolute Gasteiger partial charge is 0.350 e. The van der Waals surface area contributed by atoms with Crippen LogP contribution in [0.1, 0.15) is 15.2 Å². The van der Waals surface area contributed by atoms with E-state index < -0.39 is 25.8 Å². The maximum atomic E-state index is 12.9. The summed E-state index contributed by atoms with van der Waals surface area (Å²) < 4.78 is 62.3. The zero-order valence-corrected chi connectivity index (χ0v) is 20.2. The highest BCUT2D eigenvalue weighted by atomic mass is 35.5. The van der Waals surface area contributed by atoms with E-state index in [9.17, 15) is 26.9 Å². The predicted octanol–water partition coefficient (Wildman–Crippen LogP) is 4.06. The van der Waals surface area contributed by atoms with Crippen LogP contribution in [0.15, 0.2) is 57.6 Å². The van der Waals surface area contributed by atoms with Crippen molar-refractivity contribution < 1.29 is 31.1 Å². The van der Waals surface area contributed by atoms with Crippen molar-refractivity contribution in [2.45, 2.75) is 9.79 Å². The van der Waals surface area contributed by atoms with Crippen molar-refractivity contribution in [1.29, 1.82) is 5.26 Å². The molecule has 1 heterocycles. The summed E-state index contributed by atoms with van der Waals surface area (Å²) >= 11 is 6.72. The number of rotatable bonds is 7. The number of anilines is 1. The van der Waals surface area contributed by atoms with E-state index in [1.807, 2.05) is 6.07 Å². The highest BCUT2D eigenvalue weighted by molar-refractivity contribution is 7.93. The number of carbonyl (C=O) groups is 1. The summed E-state index contributed by atoms with van der Waals surface area (Å²) in [6.07, 6.45) is 0.894. The first-order chi connectivity index (χ1) is 15.5. The monoisotopic (exact) mass is 526 g/mol. The molecule has 1 N–H and O–H groups in total. The molecule has 9 nitrogen and oxygen atoms in total. The summed E-state index contributed by atoms with van der Waals surface area (Å²) in [5.41, 5.74) is -0.258. The molecule has 13 heteroatoms. The number of thiophene rings is 1. The normalized spacial score (nSPS) is 11.5. The molecule has 33 heavy (non-hydrogen) atoms. The average Bonchev–Trinajstić information content (AvgIpc) is 3.17. The number of sulfonamides is 1. The van der Waals surface area contributed by atoms with Crippen molar-refractivity contribution >= 4 is 54.5 Å². The van der Waals surface area contributed by atoms with Gasteiger partial charge in [0.1, 0.15) is 32.9 Å². The van der Waals surface area contributed by atoms with Gasteiger partial charge in [-0.25, -0.2) is 21.6 Å². The van der Waals surface area contributed by atoms with E-state index in [-0.39, 0.29) is 42.4 Å². The Kier molecular flexibility index (Phi) is 6.99. The number of benzene rings is 2. The van der Waals surface area contributed by atoms with E-state index in [2.05, 4.69) is 9.46 Å². The highest BCUT2D eigenvalue weighted by Crippen LogP contribution is 2.35. The molecule has 3 rings (SSSR count). The van der Waals surface area contributed by atoms with Crippen LogP contribution in [0.25, 0.3) is 0 Å². The minimum atomic E-state index is -4.28. The number of hydrogen-bond donors (Lipinski definition) is 1. The quantitative estimate of drug-likeness (QED) is 0.454. The summed E-state index contributed by atoms with van der Waals surface area (Å²) in [5, 5.41) is 10.6. The zero-order valence-electron chi connectivity index (χ0n) is 17.0. The first kappa shape index (κ1) is 24.5. The number of sulfone groups is 1. The maximum Gasteiger partial charge on any atom is 0.350 e. The van der Waals surface area contributed by atoms with Gasteiger partial charge in [-0.2, -0.15) is 5.26 Å². The maximum absolute atomic E-state index is 12.9. The van der Waals surface area contributed by atoms with Crippen LogP contribution in [0.2, 0.25) is 5.02 Å². The Morgan fingerprint density at radius 1 is 1.12 bits per heavy atom. The number of halogens is 1. The number of nitrogens with zero attached hydrogens (tertiary/aromatic N) is 1. The third-order valence-corrected chi connectivity index (χ3v) is 8.12. The van der Waals surface area contributed by atoms with Crippen LogP contribution >= 0.6 is 22.9 Å². The van der Waals surface area contributed by atoms with Crippen LogP contribution in [0.3, 0.4) is 0 Å². The lowest BCUT2D eigenvalue weighted by atomic mass is 10.2. The number of esters is 1. The molecule has 0 unspecified atom stereocenters. The van der Waals surface area contributed by atoms with E-state index in [1.165, 1.54) is 36.4 Å². The minimum absolute atomic E-state index is 0.124. The molecule has 1 aromatic heterocycles. The number of nitriles is 1. The molecule has 0 saturated heterocycles. The van der Waals surface area contributed by atoms with Gasteiger partial charge >= 0.3 is 5.97 Å². The number of hydrogen-bond acceptors (Lipinski definition) is 9. The molecule has 0 amide bonds. The van der Waals surface area contributed by atoms with Gasteiger partial charge in [0.05, 0.1) is 22.7 Å². The van der Waals surface area contributed by atoms with Crippen molar-refractivity contribution in [3.05, 3.63) is 63.3 Å². The van der Waals surface area contributed by atoms with E-state index in [1.54, 1.807) is 6.07 Å². The van der Waals surface area contributed by atoms with Gasteiger partial charge in [-0.1, -0.05) is 17.7 Å². The Balaban J connectivity index is 1.93. The second-order valence-corrected chi connectivity index (χ2v) is 11.4. The first-order valence-corrected chi connectivity index (χ1v) is 13.5. The van der Waals surface area contributed by atoms with E-state index in [4.69, 9.17) is 16.3 Å². The Bertz CT molecular complexity index is 1470. The fourth-order valence-corrected chi connectivity index (χ4v) is 6.32. The number of methoxy groups -OCH3 is 1. The second kappa shape index (κ2) is 9.40. The number of carbonyl (C=O) groups excluding carboxylic acids is 1. The summed E-state index contributed by atoms with van der Waals surface area (Å²) in [4.78, 5) is 11.2. The van der Waals surface area contributed by atoms with Crippen molar-refractivity contribution in [2.24, 2.45) is 0 Å². The molecule has 0 radical (unpaired) electrons. The van der Waals surface area contributed by atoms with E-state index in [0.29, 0.717) is 0 Å². The first-order valence-electron chi connectivity index (χ1n) is 8.87. The van der Waals surface area contributed by atoms with Crippen LogP contribution < -0.4 is 9.46 Å². The molecular weight excluding hydrogens is 512 g/mol. The fraction of sp³-hybridized carbons (Fsp3) is 0.100. The Labute approximate surface area is 199 Å². The lowest BCUT2D eigenvalue weighted by Crippen LogP contribution is -2.16. The Hall–Kier alpha value is -3.11. The third-order valence-electron chi connectivity index (χ3n) is 4.21. The topological polar surface area (TPSA) is 140 Å². The second-order valence-electron chi connectivity index (χ2n) is 6.47. The largest absolute Gasteiger partial charge is 0.465 e. The van der Waals surface area contributed by atoms with Gasteiger partial charge in [0.2, 0.25) is 0 Å². The van der Waals surface area contributed by atoms with E-state index in [0.717, 1.165) is 30.1 Å². The van der Waals surface area contributed by atoms with Gasteiger partial charge in [-0.05, 0) is 36.4 Å². The Morgan fingerprint density at radius 3 is 2.36 bits per heavy atom. The Morgan fingerprint density at radius 2 is 1.79 bits per heavy atom.